The van der Waals surface area contributed by atoms with Gasteiger partial charge in [0.05, 0.1) is 10.6 Å². The van der Waals surface area contributed by atoms with Crippen molar-refractivity contribution in [3.8, 4) is 32.5 Å². The van der Waals surface area contributed by atoms with Crippen LogP contribution in [0.25, 0.3) is 32.5 Å². The number of hydrogen-bond acceptors (Lipinski definition) is 4. The molecule has 0 aliphatic heterocycles. The van der Waals surface area contributed by atoms with Crippen molar-refractivity contribution in [1.82, 2.24) is 14.8 Å². The summed E-state index contributed by atoms with van der Waals surface area (Å²) in [6.07, 6.45) is 0. The van der Waals surface area contributed by atoms with Crippen molar-refractivity contribution in [2.45, 2.75) is 13.8 Å². The molecule has 0 saturated carbocycles. The Labute approximate surface area is 163 Å². The van der Waals surface area contributed by atoms with E-state index in [4.69, 9.17) is 11.6 Å². The Bertz CT molecular complexity index is 1090. The SMILES string of the molecule is Cc1csc(-c2scc(-c3nc(-c4c(F)cccc4Cl)nn3C)c2C)c1. The molecule has 4 aromatic rings. The van der Waals surface area contributed by atoms with Crippen molar-refractivity contribution in [1.29, 1.82) is 0 Å². The number of benzene rings is 1. The van der Waals surface area contributed by atoms with Crippen LogP contribution in [-0.4, -0.2) is 14.8 Å². The number of hydrogen-bond donors (Lipinski definition) is 0. The van der Waals surface area contributed by atoms with Gasteiger partial charge in [-0.25, -0.2) is 14.1 Å². The molecule has 0 amide bonds. The third kappa shape index (κ3) is 2.88. The summed E-state index contributed by atoms with van der Waals surface area (Å²) in [6, 6.07) is 6.77. The Balaban J connectivity index is 1.81. The Morgan fingerprint density at radius 1 is 1.15 bits per heavy atom. The summed E-state index contributed by atoms with van der Waals surface area (Å²) in [7, 11) is 1.81. The van der Waals surface area contributed by atoms with Gasteiger partial charge in [-0.3, -0.25) is 0 Å². The lowest BCUT2D eigenvalue weighted by Gasteiger charge is -2.00. The number of nitrogens with zero attached hydrogens (tertiary/aromatic N) is 3. The van der Waals surface area contributed by atoms with Crippen molar-refractivity contribution >= 4 is 34.3 Å². The summed E-state index contributed by atoms with van der Waals surface area (Å²) in [5.41, 5.74) is 3.65. The maximum Gasteiger partial charge on any atom is 0.186 e. The highest BCUT2D eigenvalue weighted by atomic mass is 35.5. The van der Waals surface area contributed by atoms with E-state index in [0.29, 0.717) is 16.7 Å². The van der Waals surface area contributed by atoms with E-state index >= 15 is 0 Å². The van der Waals surface area contributed by atoms with Crippen molar-refractivity contribution in [3.63, 3.8) is 0 Å². The molecule has 0 bridgehead atoms. The Kier molecular flexibility index (Phi) is 4.42. The molecule has 0 spiro atoms. The van der Waals surface area contributed by atoms with Crippen LogP contribution >= 0.6 is 34.3 Å². The normalized spacial score (nSPS) is 11.3. The zero-order valence-electron chi connectivity index (χ0n) is 14.4. The summed E-state index contributed by atoms with van der Waals surface area (Å²) in [6.45, 7) is 4.18. The molecule has 26 heavy (non-hydrogen) atoms. The number of aryl methyl sites for hydroxylation is 2. The highest BCUT2D eigenvalue weighted by Gasteiger charge is 2.20. The standard InChI is InChI=1S/C19H15ClFN3S2/c1-10-7-15(25-8-10)17-11(2)12(9-26-17)19-22-18(23-24(19)3)16-13(20)5-4-6-14(16)21/h4-9H,1-3H3. The van der Waals surface area contributed by atoms with Crippen LogP contribution in [0.4, 0.5) is 4.39 Å². The third-order valence-corrected chi connectivity index (χ3v) is 6.81. The van der Waals surface area contributed by atoms with Crippen LogP contribution in [0.5, 0.6) is 0 Å². The zero-order chi connectivity index (χ0) is 18.4. The fourth-order valence-corrected chi connectivity index (χ4v) is 5.28. The number of thiophene rings is 2. The molecule has 3 heterocycles. The second-order valence-electron chi connectivity index (χ2n) is 6.07. The van der Waals surface area contributed by atoms with Gasteiger partial charge in [0.15, 0.2) is 11.6 Å². The summed E-state index contributed by atoms with van der Waals surface area (Å²) >= 11 is 9.59. The van der Waals surface area contributed by atoms with Gasteiger partial charge in [0.25, 0.3) is 0 Å². The van der Waals surface area contributed by atoms with Crippen molar-refractivity contribution in [3.05, 3.63) is 57.0 Å². The molecule has 0 N–H and O–H groups in total. The van der Waals surface area contributed by atoms with E-state index in [0.717, 1.165) is 11.1 Å². The molecular weight excluding hydrogens is 389 g/mol. The first-order chi connectivity index (χ1) is 12.5. The molecule has 0 unspecified atom stereocenters. The van der Waals surface area contributed by atoms with Gasteiger partial charge in [-0.1, -0.05) is 17.7 Å². The van der Waals surface area contributed by atoms with Crippen molar-refractivity contribution in [2.75, 3.05) is 0 Å². The number of rotatable bonds is 3. The van der Waals surface area contributed by atoms with Crippen LogP contribution in [0.3, 0.4) is 0 Å². The minimum Gasteiger partial charge on any atom is -0.248 e. The van der Waals surface area contributed by atoms with Crippen LogP contribution in [-0.2, 0) is 7.05 Å². The molecule has 1 aromatic carbocycles. The highest BCUT2D eigenvalue weighted by molar-refractivity contribution is 7.20. The zero-order valence-corrected chi connectivity index (χ0v) is 16.8. The van der Waals surface area contributed by atoms with Crippen LogP contribution in [0.1, 0.15) is 11.1 Å². The molecule has 0 fully saturated rings. The first kappa shape index (κ1) is 17.4. The smallest absolute Gasteiger partial charge is 0.186 e. The van der Waals surface area contributed by atoms with Gasteiger partial charge in [-0.15, -0.1) is 22.7 Å². The fraction of sp³-hybridized carbons (Fsp3) is 0.158. The van der Waals surface area contributed by atoms with Crippen LogP contribution < -0.4 is 0 Å². The number of halogens is 2. The van der Waals surface area contributed by atoms with Crippen molar-refractivity contribution in [2.24, 2.45) is 7.05 Å². The molecule has 0 atom stereocenters. The summed E-state index contributed by atoms with van der Waals surface area (Å²) in [4.78, 5) is 7.06. The summed E-state index contributed by atoms with van der Waals surface area (Å²) in [5.74, 6) is 0.573. The third-order valence-electron chi connectivity index (χ3n) is 4.18. The van der Waals surface area contributed by atoms with E-state index in [2.05, 4.69) is 40.8 Å². The van der Waals surface area contributed by atoms with E-state index in [1.165, 1.54) is 21.4 Å². The quantitative estimate of drug-likeness (QED) is 0.399. The Morgan fingerprint density at radius 3 is 2.65 bits per heavy atom. The van der Waals surface area contributed by atoms with Gasteiger partial charge in [-0.2, -0.15) is 5.10 Å². The summed E-state index contributed by atoms with van der Waals surface area (Å²) in [5, 5.41) is 8.93. The lowest BCUT2D eigenvalue weighted by molar-refractivity contribution is 0.629. The fourth-order valence-electron chi connectivity index (χ4n) is 2.87. The van der Waals surface area contributed by atoms with Crippen molar-refractivity contribution < 1.29 is 4.39 Å². The van der Waals surface area contributed by atoms with Gasteiger partial charge in [0.1, 0.15) is 5.82 Å². The second-order valence-corrected chi connectivity index (χ2v) is 8.27. The second kappa shape index (κ2) is 6.61. The van der Waals surface area contributed by atoms with Gasteiger partial charge in [-0.05, 0) is 48.6 Å². The Hall–Kier alpha value is -2.02. The topological polar surface area (TPSA) is 30.7 Å². The molecule has 0 saturated heterocycles. The molecule has 0 aliphatic carbocycles. The minimum atomic E-state index is -0.425. The minimum absolute atomic E-state index is 0.234. The first-order valence-corrected chi connectivity index (χ1v) is 10.1. The van der Waals surface area contributed by atoms with E-state index in [9.17, 15) is 4.39 Å². The predicted octanol–water partition coefficient (Wildman–Crippen LogP) is 6.35. The van der Waals surface area contributed by atoms with Crippen LogP contribution in [0.2, 0.25) is 5.02 Å². The van der Waals surface area contributed by atoms with Crippen LogP contribution in [0.15, 0.2) is 35.0 Å². The predicted molar refractivity (Wildman–Crippen MR) is 108 cm³/mol. The first-order valence-electron chi connectivity index (χ1n) is 7.95. The van der Waals surface area contributed by atoms with E-state index in [1.807, 2.05) is 7.05 Å². The van der Waals surface area contributed by atoms with Crippen LogP contribution in [0, 0.1) is 19.7 Å². The molecule has 4 rings (SSSR count). The maximum atomic E-state index is 14.2. The Morgan fingerprint density at radius 2 is 1.96 bits per heavy atom. The molecule has 7 heteroatoms. The molecule has 3 aromatic heterocycles. The molecule has 132 valence electrons. The molecule has 0 radical (unpaired) electrons. The van der Waals surface area contributed by atoms with E-state index in [1.54, 1.807) is 39.5 Å². The molecular formula is C19H15ClFN3S2. The van der Waals surface area contributed by atoms with Gasteiger partial charge < -0.3 is 0 Å². The average molecular weight is 404 g/mol. The van der Waals surface area contributed by atoms with Gasteiger partial charge in [0, 0.05) is 27.7 Å². The lowest BCUT2D eigenvalue weighted by atomic mass is 10.1. The number of aromatic nitrogens is 3. The maximum absolute atomic E-state index is 14.2. The van der Waals surface area contributed by atoms with E-state index < -0.39 is 5.82 Å². The average Bonchev–Trinajstić information content (AvgIpc) is 3.27. The lowest BCUT2D eigenvalue weighted by Crippen LogP contribution is -1.95. The molecule has 0 aliphatic rings. The summed E-state index contributed by atoms with van der Waals surface area (Å²) < 4.78 is 15.9. The van der Waals surface area contributed by atoms with Gasteiger partial charge in [0.2, 0.25) is 0 Å². The van der Waals surface area contributed by atoms with Gasteiger partial charge >= 0.3 is 0 Å². The molecule has 3 nitrogen and oxygen atoms in total. The van der Waals surface area contributed by atoms with E-state index in [-0.39, 0.29) is 5.56 Å². The largest absolute Gasteiger partial charge is 0.248 e. The highest BCUT2D eigenvalue weighted by Crippen LogP contribution is 2.40. The monoisotopic (exact) mass is 403 g/mol.